The van der Waals surface area contributed by atoms with Crippen molar-refractivity contribution < 1.29 is 13.7 Å². The summed E-state index contributed by atoms with van der Waals surface area (Å²) in [6, 6.07) is 0. The van der Waals surface area contributed by atoms with Crippen molar-refractivity contribution in [1.82, 2.24) is 14.9 Å². The largest absolute Gasteiger partial charge is 0.416 e. The highest BCUT2D eigenvalue weighted by atomic mass is 32.2. The third kappa shape index (κ3) is 3.28. The van der Waals surface area contributed by atoms with Gasteiger partial charge in [0.15, 0.2) is 0 Å². The molecule has 1 unspecified atom stereocenters. The Labute approximate surface area is 114 Å². The van der Waals surface area contributed by atoms with Gasteiger partial charge in [-0.15, -0.1) is 0 Å². The van der Waals surface area contributed by atoms with E-state index in [1.54, 1.807) is 20.4 Å². The molecule has 1 atom stereocenters. The summed E-state index contributed by atoms with van der Waals surface area (Å²) in [7, 11) is 2.22. The molecule has 104 valence electrons. The highest BCUT2D eigenvalue weighted by Crippen LogP contribution is 2.28. The topological polar surface area (TPSA) is 72.4 Å². The van der Waals surface area contributed by atoms with Gasteiger partial charge in [-0.2, -0.15) is 4.98 Å². The zero-order chi connectivity index (χ0) is 14.0. The lowest BCUT2D eigenvalue weighted by atomic mass is 10.2. The van der Waals surface area contributed by atoms with Gasteiger partial charge < -0.3 is 9.64 Å². The molecule has 19 heavy (non-hydrogen) atoms. The first-order chi connectivity index (χ1) is 8.97. The van der Waals surface area contributed by atoms with Crippen LogP contribution in [0.1, 0.15) is 23.5 Å². The summed E-state index contributed by atoms with van der Waals surface area (Å²) in [5.41, 5.74) is 1.82. The fourth-order valence-corrected chi connectivity index (χ4v) is 2.44. The second-order valence-corrected chi connectivity index (χ2v) is 6.14. The highest BCUT2D eigenvalue weighted by Gasteiger charge is 2.22. The standard InChI is InChI=1S/C12H17N3O3S/c1-15(2)12(16)18-11-8-5-4-6-9(8)13-10(14-11)7-19(3)17/h4-7H2,1-3H3. The van der Waals surface area contributed by atoms with E-state index < -0.39 is 16.9 Å². The molecule has 0 saturated carbocycles. The molecule has 0 aromatic carbocycles. The van der Waals surface area contributed by atoms with Crippen molar-refractivity contribution in [2.75, 3.05) is 20.4 Å². The van der Waals surface area contributed by atoms with Crippen LogP contribution in [0.5, 0.6) is 5.88 Å². The predicted octanol–water partition coefficient (Wildman–Crippen LogP) is 0.904. The summed E-state index contributed by atoms with van der Waals surface area (Å²) < 4.78 is 16.5. The van der Waals surface area contributed by atoms with Crippen LogP contribution in [0.25, 0.3) is 0 Å². The normalized spacial score (nSPS) is 14.9. The molecule has 0 fully saturated rings. The molecule has 0 radical (unpaired) electrons. The van der Waals surface area contributed by atoms with Gasteiger partial charge in [0, 0.05) is 36.7 Å². The first-order valence-electron chi connectivity index (χ1n) is 6.05. The van der Waals surface area contributed by atoms with Gasteiger partial charge in [0.25, 0.3) is 0 Å². The maximum Gasteiger partial charge on any atom is 0.416 e. The van der Waals surface area contributed by atoms with Crippen molar-refractivity contribution in [3.8, 4) is 5.88 Å². The maximum absolute atomic E-state index is 11.6. The van der Waals surface area contributed by atoms with E-state index in [4.69, 9.17) is 4.74 Å². The summed E-state index contributed by atoms with van der Waals surface area (Å²) in [4.78, 5) is 21.6. The number of amides is 1. The van der Waals surface area contributed by atoms with Crippen molar-refractivity contribution in [3.05, 3.63) is 17.1 Å². The molecule has 0 aliphatic heterocycles. The third-order valence-corrected chi connectivity index (χ3v) is 3.49. The number of aromatic nitrogens is 2. The first-order valence-corrected chi connectivity index (χ1v) is 7.78. The van der Waals surface area contributed by atoms with Crippen molar-refractivity contribution in [2.24, 2.45) is 0 Å². The Morgan fingerprint density at radius 1 is 1.37 bits per heavy atom. The molecule has 1 aromatic heterocycles. The summed E-state index contributed by atoms with van der Waals surface area (Å²) in [5, 5.41) is 0. The smallest absolute Gasteiger partial charge is 0.391 e. The van der Waals surface area contributed by atoms with Crippen molar-refractivity contribution in [1.29, 1.82) is 0 Å². The minimum Gasteiger partial charge on any atom is -0.391 e. The van der Waals surface area contributed by atoms with E-state index in [-0.39, 0.29) is 5.75 Å². The summed E-state index contributed by atoms with van der Waals surface area (Å²) in [6.45, 7) is 0. The average Bonchev–Trinajstić information content (AvgIpc) is 2.76. The predicted molar refractivity (Wildman–Crippen MR) is 71.5 cm³/mol. The Bertz CT molecular complexity index is 531. The van der Waals surface area contributed by atoms with Gasteiger partial charge in [-0.1, -0.05) is 0 Å². The molecule has 1 aliphatic carbocycles. The van der Waals surface area contributed by atoms with Crippen LogP contribution in [0, 0.1) is 0 Å². The number of fused-ring (bicyclic) bond motifs is 1. The second kappa shape index (κ2) is 5.64. The van der Waals surface area contributed by atoms with Gasteiger partial charge in [-0.05, 0) is 19.3 Å². The Balaban J connectivity index is 2.32. The molecule has 7 heteroatoms. The van der Waals surface area contributed by atoms with Crippen LogP contribution in [-0.2, 0) is 29.4 Å². The quantitative estimate of drug-likeness (QED) is 0.824. The van der Waals surface area contributed by atoms with Gasteiger partial charge in [0.2, 0.25) is 5.88 Å². The minimum absolute atomic E-state index is 0.278. The second-order valence-electron chi connectivity index (χ2n) is 4.70. The lowest BCUT2D eigenvalue weighted by Crippen LogP contribution is -2.26. The molecule has 1 aromatic rings. The Morgan fingerprint density at radius 3 is 2.74 bits per heavy atom. The number of hydrogen-bond donors (Lipinski definition) is 0. The van der Waals surface area contributed by atoms with Gasteiger partial charge >= 0.3 is 6.09 Å². The maximum atomic E-state index is 11.6. The monoisotopic (exact) mass is 283 g/mol. The fourth-order valence-electron chi connectivity index (χ4n) is 1.95. The number of nitrogens with zero attached hydrogens (tertiary/aromatic N) is 3. The van der Waals surface area contributed by atoms with Gasteiger partial charge in [-0.25, -0.2) is 9.78 Å². The van der Waals surface area contributed by atoms with Gasteiger partial charge in [0.05, 0.1) is 11.4 Å². The van der Waals surface area contributed by atoms with Crippen molar-refractivity contribution >= 4 is 16.9 Å². The molecular formula is C12H17N3O3S. The number of aryl methyl sites for hydroxylation is 1. The van der Waals surface area contributed by atoms with Crippen molar-refractivity contribution in [2.45, 2.75) is 25.0 Å². The van der Waals surface area contributed by atoms with E-state index in [1.165, 1.54) is 4.90 Å². The molecule has 0 spiro atoms. The zero-order valence-corrected chi connectivity index (χ0v) is 12.1. The van der Waals surface area contributed by atoms with E-state index in [0.717, 1.165) is 30.5 Å². The van der Waals surface area contributed by atoms with E-state index in [0.29, 0.717) is 11.7 Å². The number of carbonyl (C=O) groups excluding carboxylic acids is 1. The number of carbonyl (C=O) groups is 1. The molecular weight excluding hydrogens is 266 g/mol. The van der Waals surface area contributed by atoms with Crippen LogP contribution in [0.2, 0.25) is 0 Å². The molecule has 1 aliphatic rings. The molecule has 6 nitrogen and oxygen atoms in total. The van der Waals surface area contributed by atoms with Crippen LogP contribution < -0.4 is 4.74 Å². The van der Waals surface area contributed by atoms with Crippen molar-refractivity contribution in [3.63, 3.8) is 0 Å². The van der Waals surface area contributed by atoms with E-state index in [1.807, 2.05) is 0 Å². The van der Waals surface area contributed by atoms with E-state index in [9.17, 15) is 9.00 Å². The Morgan fingerprint density at radius 2 is 2.11 bits per heavy atom. The van der Waals surface area contributed by atoms with Crippen LogP contribution in [-0.4, -0.2) is 45.5 Å². The van der Waals surface area contributed by atoms with Gasteiger partial charge in [-0.3, -0.25) is 4.21 Å². The molecule has 1 amide bonds. The summed E-state index contributed by atoms with van der Waals surface area (Å²) >= 11 is 0. The van der Waals surface area contributed by atoms with Crippen LogP contribution in [0.3, 0.4) is 0 Å². The Kier molecular flexibility index (Phi) is 4.14. The molecule has 0 N–H and O–H groups in total. The summed E-state index contributed by atoms with van der Waals surface area (Å²) in [6.07, 6.45) is 3.79. The van der Waals surface area contributed by atoms with Crippen LogP contribution in [0.15, 0.2) is 0 Å². The summed E-state index contributed by atoms with van der Waals surface area (Å²) in [5.74, 6) is 1.07. The number of hydrogen-bond acceptors (Lipinski definition) is 5. The third-order valence-electron chi connectivity index (χ3n) is 2.82. The molecule has 1 heterocycles. The van der Waals surface area contributed by atoms with E-state index >= 15 is 0 Å². The molecule has 2 rings (SSSR count). The number of rotatable bonds is 3. The highest BCUT2D eigenvalue weighted by molar-refractivity contribution is 7.83. The van der Waals surface area contributed by atoms with Crippen LogP contribution >= 0.6 is 0 Å². The van der Waals surface area contributed by atoms with Gasteiger partial charge in [0.1, 0.15) is 5.82 Å². The lowest BCUT2D eigenvalue weighted by Gasteiger charge is -2.13. The Hall–Kier alpha value is -1.50. The average molecular weight is 283 g/mol. The molecule has 0 saturated heterocycles. The van der Waals surface area contributed by atoms with Crippen LogP contribution in [0.4, 0.5) is 4.79 Å². The fraction of sp³-hybridized carbons (Fsp3) is 0.583. The first kappa shape index (κ1) is 13.9. The lowest BCUT2D eigenvalue weighted by molar-refractivity contribution is 0.169. The SMILES string of the molecule is CN(C)C(=O)Oc1nc(CS(C)=O)nc2c1CCC2. The number of ether oxygens (including phenoxy) is 1. The van der Waals surface area contributed by atoms with E-state index in [2.05, 4.69) is 9.97 Å². The zero-order valence-electron chi connectivity index (χ0n) is 11.3. The molecule has 0 bridgehead atoms. The minimum atomic E-state index is -1.02.